The number of hydrogen-bond donors (Lipinski definition) is 1. The van der Waals surface area contributed by atoms with Gasteiger partial charge in [0.15, 0.2) is 0 Å². The van der Waals surface area contributed by atoms with Crippen LogP contribution in [0.5, 0.6) is 0 Å². The van der Waals surface area contributed by atoms with Crippen molar-refractivity contribution in [3.8, 4) is 0 Å². The third-order valence-electron chi connectivity index (χ3n) is 3.73. The highest BCUT2D eigenvalue weighted by atomic mass is 16.2. The second-order valence-electron chi connectivity index (χ2n) is 5.32. The Labute approximate surface area is 108 Å². The fraction of sp³-hybridized carbons (Fsp3) is 0.846. The number of hydrogen-bond acceptors (Lipinski definition) is 3. The molecule has 2 amide bonds. The lowest BCUT2D eigenvalue weighted by Crippen LogP contribution is -2.59. The predicted molar refractivity (Wildman–Crippen MR) is 69.1 cm³/mol. The van der Waals surface area contributed by atoms with Crippen molar-refractivity contribution in [1.82, 2.24) is 15.1 Å². The largest absolute Gasteiger partial charge is 0.330 e. The fourth-order valence-electron chi connectivity index (χ4n) is 2.81. The summed E-state index contributed by atoms with van der Waals surface area (Å²) in [5, 5.41) is 3.36. The number of amides is 2. The van der Waals surface area contributed by atoms with Crippen molar-refractivity contribution in [3.63, 3.8) is 0 Å². The smallest absolute Gasteiger partial charge is 0.245 e. The van der Waals surface area contributed by atoms with Gasteiger partial charge in [-0.1, -0.05) is 6.92 Å². The van der Waals surface area contributed by atoms with Crippen LogP contribution >= 0.6 is 0 Å². The van der Waals surface area contributed by atoms with Gasteiger partial charge in [0.1, 0.15) is 6.04 Å². The number of piperazine rings is 1. The molecule has 2 heterocycles. The van der Waals surface area contributed by atoms with Gasteiger partial charge in [-0.15, -0.1) is 0 Å². The first-order chi connectivity index (χ1) is 8.63. The first kappa shape index (κ1) is 13.3. The van der Waals surface area contributed by atoms with Crippen LogP contribution in [0.25, 0.3) is 0 Å². The highest BCUT2D eigenvalue weighted by Crippen LogP contribution is 2.23. The summed E-state index contributed by atoms with van der Waals surface area (Å²) < 4.78 is 0. The maximum Gasteiger partial charge on any atom is 0.245 e. The van der Waals surface area contributed by atoms with Gasteiger partial charge < -0.3 is 15.1 Å². The van der Waals surface area contributed by atoms with Gasteiger partial charge in [-0.2, -0.15) is 0 Å². The summed E-state index contributed by atoms with van der Waals surface area (Å²) in [5.41, 5.74) is 0. The molecule has 102 valence electrons. The molecule has 2 fully saturated rings. The minimum absolute atomic E-state index is 0.111. The average Bonchev–Trinajstić information content (AvgIpc) is 2.83. The van der Waals surface area contributed by atoms with Crippen molar-refractivity contribution in [3.05, 3.63) is 0 Å². The number of carbonyl (C=O) groups excluding carboxylic acids is 2. The molecule has 0 aliphatic carbocycles. The number of carbonyl (C=O) groups is 2. The van der Waals surface area contributed by atoms with Crippen molar-refractivity contribution in [2.24, 2.45) is 0 Å². The second-order valence-corrected chi connectivity index (χ2v) is 5.32. The monoisotopic (exact) mass is 253 g/mol. The van der Waals surface area contributed by atoms with E-state index in [2.05, 4.69) is 19.2 Å². The molecule has 2 aliphatic heterocycles. The van der Waals surface area contributed by atoms with E-state index in [-0.39, 0.29) is 30.4 Å². The molecular weight excluding hydrogens is 230 g/mol. The number of rotatable bonds is 5. The summed E-state index contributed by atoms with van der Waals surface area (Å²) in [5.74, 6) is 0.247. The zero-order chi connectivity index (χ0) is 13.1. The zero-order valence-electron chi connectivity index (χ0n) is 11.3. The Morgan fingerprint density at radius 2 is 2.22 bits per heavy atom. The Kier molecular flexibility index (Phi) is 4.22. The molecule has 2 rings (SSSR count). The highest BCUT2D eigenvalue weighted by molar-refractivity contribution is 5.95. The molecule has 18 heavy (non-hydrogen) atoms. The Morgan fingerprint density at radius 1 is 1.44 bits per heavy atom. The third-order valence-corrected chi connectivity index (χ3v) is 3.73. The fourth-order valence-corrected chi connectivity index (χ4v) is 2.81. The highest BCUT2D eigenvalue weighted by Gasteiger charge is 2.41. The summed E-state index contributed by atoms with van der Waals surface area (Å²) in [6, 6.07) is 0.0688. The Balaban J connectivity index is 1.92. The molecule has 0 aromatic rings. The molecular formula is C13H23N3O2. The number of fused-ring (bicyclic) bond motifs is 1. The molecule has 0 bridgehead atoms. The van der Waals surface area contributed by atoms with E-state index in [1.165, 1.54) is 0 Å². The van der Waals surface area contributed by atoms with Crippen LogP contribution in [-0.4, -0.2) is 59.9 Å². The van der Waals surface area contributed by atoms with Gasteiger partial charge in [0.05, 0.1) is 6.54 Å². The first-order valence-corrected chi connectivity index (χ1v) is 6.95. The van der Waals surface area contributed by atoms with E-state index in [1.54, 1.807) is 9.80 Å². The summed E-state index contributed by atoms with van der Waals surface area (Å²) >= 11 is 0. The van der Waals surface area contributed by atoms with Crippen LogP contribution < -0.4 is 5.32 Å². The average molecular weight is 253 g/mol. The first-order valence-electron chi connectivity index (χ1n) is 6.95. The van der Waals surface area contributed by atoms with E-state index in [4.69, 9.17) is 0 Å². The SMILES string of the molecule is CCCNC(C)CN1CC(=O)N2CCCC2C1=O. The van der Waals surface area contributed by atoms with E-state index in [0.717, 1.165) is 32.4 Å². The van der Waals surface area contributed by atoms with Crippen LogP contribution in [0.4, 0.5) is 0 Å². The van der Waals surface area contributed by atoms with Crippen molar-refractivity contribution in [2.75, 3.05) is 26.2 Å². The van der Waals surface area contributed by atoms with Crippen LogP contribution in [0.1, 0.15) is 33.1 Å². The van der Waals surface area contributed by atoms with Gasteiger partial charge in [-0.05, 0) is 32.7 Å². The Bertz CT molecular complexity index is 332. The third kappa shape index (κ3) is 2.66. The molecule has 2 aliphatic rings. The quantitative estimate of drug-likeness (QED) is 0.762. The van der Waals surface area contributed by atoms with Crippen LogP contribution in [0.3, 0.4) is 0 Å². The Morgan fingerprint density at radius 3 is 2.94 bits per heavy atom. The molecule has 0 aromatic carbocycles. The van der Waals surface area contributed by atoms with Crippen molar-refractivity contribution < 1.29 is 9.59 Å². The molecule has 5 heteroatoms. The summed E-state index contributed by atoms with van der Waals surface area (Å²) in [6.07, 6.45) is 2.87. The van der Waals surface area contributed by atoms with E-state index in [9.17, 15) is 9.59 Å². The normalized spacial score (nSPS) is 25.6. The molecule has 5 nitrogen and oxygen atoms in total. The van der Waals surface area contributed by atoms with E-state index >= 15 is 0 Å². The number of nitrogens with zero attached hydrogens (tertiary/aromatic N) is 2. The Hall–Kier alpha value is -1.10. The van der Waals surface area contributed by atoms with Crippen LogP contribution in [-0.2, 0) is 9.59 Å². The lowest BCUT2D eigenvalue weighted by molar-refractivity contribution is -0.153. The molecule has 1 N–H and O–H groups in total. The van der Waals surface area contributed by atoms with Gasteiger partial charge in [0, 0.05) is 19.1 Å². The minimum Gasteiger partial charge on any atom is -0.330 e. The van der Waals surface area contributed by atoms with E-state index in [0.29, 0.717) is 6.54 Å². The molecule has 0 saturated carbocycles. The second kappa shape index (κ2) is 5.69. The number of nitrogens with one attached hydrogen (secondary N) is 1. The summed E-state index contributed by atoms with van der Waals surface area (Å²) in [7, 11) is 0. The molecule has 2 unspecified atom stereocenters. The van der Waals surface area contributed by atoms with Crippen LogP contribution in [0.2, 0.25) is 0 Å². The topological polar surface area (TPSA) is 52.7 Å². The maximum atomic E-state index is 12.3. The summed E-state index contributed by atoms with van der Waals surface area (Å²) in [6.45, 7) is 6.78. The maximum absolute atomic E-state index is 12.3. The van der Waals surface area contributed by atoms with Crippen LogP contribution in [0, 0.1) is 0 Å². The standard InChI is InChI=1S/C13H23N3O2/c1-3-6-14-10(2)8-15-9-12(17)16-7-4-5-11(16)13(15)18/h10-11,14H,3-9H2,1-2H3. The lowest BCUT2D eigenvalue weighted by atomic mass is 10.1. The van der Waals surface area contributed by atoms with Gasteiger partial charge in [-0.3, -0.25) is 9.59 Å². The van der Waals surface area contributed by atoms with Crippen molar-refractivity contribution >= 4 is 11.8 Å². The van der Waals surface area contributed by atoms with Gasteiger partial charge in [0.2, 0.25) is 11.8 Å². The summed E-state index contributed by atoms with van der Waals surface area (Å²) in [4.78, 5) is 27.7. The van der Waals surface area contributed by atoms with E-state index < -0.39 is 0 Å². The zero-order valence-corrected chi connectivity index (χ0v) is 11.3. The minimum atomic E-state index is -0.176. The van der Waals surface area contributed by atoms with E-state index in [1.807, 2.05) is 0 Å². The van der Waals surface area contributed by atoms with Crippen LogP contribution in [0.15, 0.2) is 0 Å². The van der Waals surface area contributed by atoms with Crippen molar-refractivity contribution in [2.45, 2.75) is 45.2 Å². The van der Waals surface area contributed by atoms with Gasteiger partial charge in [-0.25, -0.2) is 0 Å². The van der Waals surface area contributed by atoms with Crippen molar-refractivity contribution in [1.29, 1.82) is 0 Å². The predicted octanol–water partition coefficient (Wildman–Crippen LogP) is 0.208. The molecule has 0 spiro atoms. The molecule has 0 radical (unpaired) electrons. The lowest BCUT2D eigenvalue weighted by Gasteiger charge is -2.37. The molecule has 0 aromatic heterocycles. The van der Waals surface area contributed by atoms with Gasteiger partial charge >= 0.3 is 0 Å². The van der Waals surface area contributed by atoms with Gasteiger partial charge in [0.25, 0.3) is 0 Å². The molecule has 2 atom stereocenters. The molecule has 2 saturated heterocycles.